The summed E-state index contributed by atoms with van der Waals surface area (Å²) in [5.74, 6) is 5.75. The molecule has 0 bridgehead atoms. The second-order valence-corrected chi connectivity index (χ2v) is 10.5. The lowest BCUT2D eigenvalue weighted by Crippen LogP contribution is -2.57. The van der Waals surface area contributed by atoms with Gasteiger partial charge in [0.15, 0.2) is 0 Å². The number of hydrogen-bond acceptors (Lipinski definition) is 3. The van der Waals surface area contributed by atoms with Crippen LogP contribution in [0.25, 0.3) is 0 Å². The zero-order chi connectivity index (χ0) is 18.4. The zero-order valence-corrected chi connectivity index (χ0v) is 16.7. The highest BCUT2D eigenvalue weighted by atomic mass is 16.5. The van der Waals surface area contributed by atoms with Gasteiger partial charge in [0.1, 0.15) is 0 Å². The second-order valence-electron chi connectivity index (χ2n) is 10.5. The highest BCUT2D eigenvalue weighted by Crippen LogP contribution is 2.79. The molecule has 1 N–H and O–H groups in total. The number of nitrogens with zero attached hydrogens (tertiary/aromatic N) is 1. The van der Waals surface area contributed by atoms with E-state index < -0.39 is 0 Å². The third-order valence-corrected chi connectivity index (χ3v) is 9.92. The maximum atomic E-state index is 9.25. The summed E-state index contributed by atoms with van der Waals surface area (Å²) >= 11 is 0. The number of rotatable bonds is 1. The van der Waals surface area contributed by atoms with E-state index in [1.54, 1.807) is 5.57 Å². The van der Waals surface area contributed by atoms with Crippen LogP contribution in [0.2, 0.25) is 0 Å². The molecule has 3 nitrogen and oxygen atoms in total. The summed E-state index contributed by atoms with van der Waals surface area (Å²) in [7, 11) is 0. The molecule has 1 aliphatic heterocycles. The van der Waals surface area contributed by atoms with Crippen LogP contribution in [-0.4, -0.2) is 23.1 Å². The summed E-state index contributed by atoms with van der Waals surface area (Å²) < 4.78 is 6.60. The molecule has 6 aliphatic rings. The van der Waals surface area contributed by atoms with E-state index in [2.05, 4.69) is 37.2 Å². The first-order chi connectivity index (χ1) is 13.1. The van der Waals surface area contributed by atoms with Gasteiger partial charge in [-0.15, -0.1) is 0 Å². The Balaban J connectivity index is 1.41. The van der Waals surface area contributed by atoms with Crippen LogP contribution in [0.15, 0.2) is 29.0 Å². The van der Waals surface area contributed by atoms with Gasteiger partial charge in [-0.25, -0.2) is 0 Å². The Labute approximate surface area is 162 Å². The molecule has 6 rings (SSSR count). The van der Waals surface area contributed by atoms with Crippen molar-refractivity contribution < 1.29 is 9.94 Å². The van der Waals surface area contributed by atoms with E-state index >= 15 is 0 Å². The minimum atomic E-state index is 0.0706. The maximum absolute atomic E-state index is 9.25. The Hall–Kier alpha value is -1.09. The first-order valence-corrected chi connectivity index (χ1v) is 11.4. The Kier molecular flexibility index (Phi) is 3.42. The number of hydrogen-bond donors (Lipinski definition) is 1. The van der Waals surface area contributed by atoms with E-state index in [1.807, 2.05) is 0 Å². The normalized spacial score (nSPS) is 56.4. The predicted octanol–water partition coefficient (Wildman–Crippen LogP) is 5.21. The molecule has 3 heteroatoms. The van der Waals surface area contributed by atoms with Crippen LogP contribution in [0, 0.1) is 46.8 Å². The third-order valence-electron chi connectivity index (χ3n) is 9.92. The fraction of sp³-hybridized carbons (Fsp3) is 0.792. The van der Waals surface area contributed by atoms with Crippen LogP contribution in [0.4, 0.5) is 0 Å². The number of fused-ring (bicyclic) bond motifs is 9. The Morgan fingerprint density at radius 2 is 2.19 bits per heavy atom. The molecule has 0 amide bonds. The van der Waals surface area contributed by atoms with Crippen molar-refractivity contribution in [3.63, 3.8) is 0 Å². The maximum Gasteiger partial charge on any atom is 0.0957 e. The van der Waals surface area contributed by atoms with Gasteiger partial charge in [-0.05, 0) is 92.4 Å². The lowest BCUT2D eigenvalue weighted by atomic mass is 9.46. The first-order valence-electron chi connectivity index (χ1n) is 11.4. The van der Waals surface area contributed by atoms with Gasteiger partial charge in [-0.3, -0.25) is 0 Å². The van der Waals surface area contributed by atoms with Crippen LogP contribution in [-0.2, 0) is 4.74 Å². The van der Waals surface area contributed by atoms with Crippen molar-refractivity contribution in [3.8, 4) is 0 Å². The van der Waals surface area contributed by atoms with Gasteiger partial charge in [0.05, 0.1) is 17.9 Å². The molecular weight excluding hydrogens is 334 g/mol. The predicted molar refractivity (Wildman–Crippen MR) is 106 cm³/mol. The van der Waals surface area contributed by atoms with E-state index in [-0.39, 0.29) is 5.60 Å². The summed E-state index contributed by atoms with van der Waals surface area (Å²) in [6.07, 6.45) is 15.8. The monoisotopic (exact) mass is 367 g/mol. The van der Waals surface area contributed by atoms with E-state index in [1.165, 1.54) is 38.5 Å². The second kappa shape index (κ2) is 5.49. The van der Waals surface area contributed by atoms with Crippen LogP contribution in [0.3, 0.4) is 0 Å². The van der Waals surface area contributed by atoms with E-state index in [9.17, 15) is 5.21 Å². The van der Waals surface area contributed by atoms with Gasteiger partial charge in [0.25, 0.3) is 0 Å². The third kappa shape index (κ3) is 1.90. The highest BCUT2D eigenvalue weighted by molar-refractivity contribution is 5.96. The number of allylic oxidation sites excluding steroid dienone is 2. The average Bonchev–Trinajstić information content (AvgIpc) is 3.27. The molecule has 1 heterocycles. The van der Waals surface area contributed by atoms with Crippen molar-refractivity contribution in [2.45, 2.75) is 64.4 Å². The Morgan fingerprint density at radius 3 is 2.93 bits per heavy atom. The van der Waals surface area contributed by atoms with Gasteiger partial charge in [-0.1, -0.05) is 36.7 Å². The quantitative estimate of drug-likeness (QED) is 0.393. The zero-order valence-electron chi connectivity index (χ0n) is 16.7. The van der Waals surface area contributed by atoms with Crippen molar-refractivity contribution in [1.82, 2.24) is 0 Å². The molecule has 27 heavy (non-hydrogen) atoms. The number of oxime groups is 1. The summed E-state index contributed by atoms with van der Waals surface area (Å²) in [6.45, 7) is 5.79. The van der Waals surface area contributed by atoms with Crippen LogP contribution in [0.5, 0.6) is 0 Å². The molecule has 1 spiro atoms. The summed E-state index contributed by atoms with van der Waals surface area (Å²) in [5, 5.41) is 12.8. The Morgan fingerprint density at radius 1 is 1.30 bits per heavy atom. The van der Waals surface area contributed by atoms with Gasteiger partial charge in [0, 0.05) is 5.41 Å². The minimum absolute atomic E-state index is 0.0706. The highest BCUT2D eigenvalue weighted by Gasteiger charge is 2.77. The molecular formula is C24H33NO2. The molecule has 4 fully saturated rings. The van der Waals surface area contributed by atoms with Gasteiger partial charge < -0.3 is 9.94 Å². The van der Waals surface area contributed by atoms with Crippen LogP contribution >= 0.6 is 0 Å². The molecule has 0 aromatic rings. The molecule has 4 saturated carbocycles. The molecule has 0 radical (unpaired) electrons. The molecule has 3 unspecified atom stereocenters. The van der Waals surface area contributed by atoms with Crippen molar-refractivity contribution in [1.29, 1.82) is 0 Å². The fourth-order valence-electron chi connectivity index (χ4n) is 9.14. The molecule has 146 valence electrons. The van der Waals surface area contributed by atoms with Crippen LogP contribution in [0.1, 0.15) is 58.8 Å². The van der Waals surface area contributed by atoms with E-state index in [0.29, 0.717) is 5.41 Å². The van der Waals surface area contributed by atoms with E-state index in [0.717, 1.165) is 60.2 Å². The van der Waals surface area contributed by atoms with Crippen LogP contribution < -0.4 is 0 Å². The smallest absolute Gasteiger partial charge is 0.0957 e. The fourth-order valence-corrected chi connectivity index (χ4v) is 9.14. The van der Waals surface area contributed by atoms with Gasteiger partial charge >= 0.3 is 0 Å². The molecule has 0 saturated heterocycles. The average molecular weight is 368 g/mol. The van der Waals surface area contributed by atoms with Gasteiger partial charge in [0.2, 0.25) is 0 Å². The summed E-state index contributed by atoms with van der Waals surface area (Å²) in [6, 6.07) is 0. The molecule has 5 aliphatic carbocycles. The standard InChI is InChI=1S/C24H33NO2/c1-3-23-9-7-18-17-6-5-16(25-26)12-15(17)11-14(2)21(18)22(23)19-13-20(19)24(23)8-4-10-27-24/h4,8,12,14,17-22,26H,3,5-7,9-11,13H2,1-2H3/b25-16-/t14-,17+,18?,19+,20-,21?,22?,23+,24+/m1/s1. The topological polar surface area (TPSA) is 41.8 Å². The molecule has 9 atom stereocenters. The minimum Gasteiger partial charge on any atom is -0.411 e. The first kappa shape index (κ1) is 16.8. The largest absolute Gasteiger partial charge is 0.411 e. The lowest BCUT2D eigenvalue weighted by Gasteiger charge is -2.60. The molecule has 0 aromatic heterocycles. The Bertz CT molecular complexity index is 753. The van der Waals surface area contributed by atoms with Gasteiger partial charge in [-0.2, -0.15) is 0 Å². The summed E-state index contributed by atoms with van der Waals surface area (Å²) in [4.78, 5) is 0. The number of ether oxygens (including phenoxy) is 1. The van der Waals surface area contributed by atoms with E-state index in [4.69, 9.17) is 4.74 Å². The molecule has 0 aromatic carbocycles. The lowest BCUT2D eigenvalue weighted by molar-refractivity contribution is -0.150. The summed E-state index contributed by atoms with van der Waals surface area (Å²) in [5.41, 5.74) is 2.94. The van der Waals surface area contributed by atoms with Crippen molar-refractivity contribution >= 4 is 5.71 Å². The SMILES string of the molecule is CC[C@]12CCC3C(C1[C@H]1C[C@H]1[C@@]21C=CCO1)[C@H](C)CC1=C/C(=N\O)CC[C@@H]13. The van der Waals surface area contributed by atoms with Crippen molar-refractivity contribution in [2.24, 2.45) is 52.0 Å². The van der Waals surface area contributed by atoms with Crippen molar-refractivity contribution in [2.75, 3.05) is 6.61 Å². The van der Waals surface area contributed by atoms with Crippen molar-refractivity contribution in [3.05, 3.63) is 23.8 Å².